The number of pyridine rings is 1. The van der Waals surface area contributed by atoms with E-state index in [1.807, 2.05) is 17.0 Å². The van der Waals surface area contributed by atoms with Crippen molar-refractivity contribution in [2.45, 2.75) is 18.9 Å². The fourth-order valence-electron chi connectivity index (χ4n) is 3.74. The summed E-state index contributed by atoms with van der Waals surface area (Å²) in [6, 6.07) is 3.74. The van der Waals surface area contributed by atoms with Crippen molar-refractivity contribution in [2.75, 3.05) is 49.2 Å². The third-order valence-electron chi connectivity index (χ3n) is 5.32. The molecular weight excluding hydrogens is 349 g/mol. The van der Waals surface area contributed by atoms with E-state index in [-0.39, 0.29) is 5.92 Å². The zero-order valence-corrected chi connectivity index (χ0v) is 15.2. The van der Waals surface area contributed by atoms with Gasteiger partial charge in [-0.25, -0.2) is 9.37 Å². The Balaban J connectivity index is 1.42. The third kappa shape index (κ3) is 4.01. The van der Waals surface area contributed by atoms with Gasteiger partial charge in [-0.1, -0.05) is 6.07 Å². The number of hydrogen-bond donors (Lipinski definition) is 1. The van der Waals surface area contributed by atoms with Crippen LogP contribution in [0.2, 0.25) is 0 Å². The van der Waals surface area contributed by atoms with Gasteiger partial charge in [0.05, 0.1) is 25.5 Å². The van der Waals surface area contributed by atoms with Gasteiger partial charge in [0.1, 0.15) is 0 Å². The first-order valence-corrected chi connectivity index (χ1v) is 9.40. The summed E-state index contributed by atoms with van der Waals surface area (Å²) in [5.74, 6) is 0.667. The van der Waals surface area contributed by atoms with Gasteiger partial charge in [-0.05, 0) is 30.4 Å². The van der Waals surface area contributed by atoms with Crippen LogP contribution < -0.4 is 9.80 Å². The zero-order chi connectivity index (χ0) is 18.6. The summed E-state index contributed by atoms with van der Waals surface area (Å²) < 4.78 is 19.5. The molecule has 0 amide bonds. The predicted molar refractivity (Wildman–Crippen MR) is 99.2 cm³/mol. The van der Waals surface area contributed by atoms with Gasteiger partial charge in [-0.15, -0.1) is 0 Å². The largest absolute Gasteiger partial charge is 0.388 e. The summed E-state index contributed by atoms with van der Waals surface area (Å²) in [7, 11) is 0. The van der Waals surface area contributed by atoms with Crippen LogP contribution in [0.3, 0.4) is 0 Å². The molecule has 2 aliphatic heterocycles. The van der Waals surface area contributed by atoms with Crippen LogP contribution in [-0.4, -0.2) is 59.5 Å². The smallest absolute Gasteiger partial charge is 0.227 e. The van der Waals surface area contributed by atoms with Crippen molar-refractivity contribution in [3.63, 3.8) is 0 Å². The van der Waals surface area contributed by atoms with E-state index >= 15 is 0 Å². The van der Waals surface area contributed by atoms with Crippen LogP contribution in [0.5, 0.6) is 0 Å². The van der Waals surface area contributed by atoms with Crippen molar-refractivity contribution in [3.8, 4) is 0 Å². The Labute approximate surface area is 157 Å². The third-order valence-corrected chi connectivity index (χ3v) is 5.32. The van der Waals surface area contributed by atoms with Crippen molar-refractivity contribution in [1.29, 1.82) is 0 Å². The molecule has 2 fully saturated rings. The lowest BCUT2D eigenvalue weighted by molar-refractivity contribution is 0.0924. The number of anilines is 2. The molecule has 4 heterocycles. The number of aliphatic hydroxyl groups is 1. The highest BCUT2D eigenvalue weighted by molar-refractivity contribution is 5.45. The molecule has 0 saturated carbocycles. The maximum Gasteiger partial charge on any atom is 0.227 e. The van der Waals surface area contributed by atoms with Crippen LogP contribution in [0.4, 0.5) is 16.2 Å². The first-order valence-electron chi connectivity index (χ1n) is 9.40. The number of halogens is 1. The molecule has 2 aromatic rings. The Morgan fingerprint density at radius 2 is 1.89 bits per heavy atom. The normalized spacial score (nSPS) is 19.9. The maximum absolute atomic E-state index is 14.2. The number of nitrogens with zero attached hydrogens (tertiary/aromatic N) is 5. The van der Waals surface area contributed by atoms with Crippen molar-refractivity contribution >= 4 is 11.8 Å². The highest BCUT2D eigenvalue weighted by Gasteiger charge is 2.28. The van der Waals surface area contributed by atoms with Crippen molar-refractivity contribution in [3.05, 3.63) is 42.1 Å². The van der Waals surface area contributed by atoms with Gasteiger partial charge in [0.25, 0.3) is 0 Å². The lowest BCUT2D eigenvalue weighted by atomic mass is 9.88. The number of ether oxygens (including phenoxy) is 1. The first kappa shape index (κ1) is 18.1. The predicted octanol–water partition coefficient (Wildman–Crippen LogP) is 1.80. The molecule has 0 aromatic carbocycles. The number of rotatable bonds is 4. The number of piperidine rings is 1. The lowest BCUT2D eigenvalue weighted by Gasteiger charge is -2.35. The quantitative estimate of drug-likeness (QED) is 0.876. The van der Waals surface area contributed by atoms with E-state index < -0.39 is 11.9 Å². The zero-order valence-electron chi connectivity index (χ0n) is 15.2. The molecule has 1 N–H and O–H groups in total. The second-order valence-corrected chi connectivity index (χ2v) is 7.00. The minimum Gasteiger partial charge on any atom is -0.388 e. The second-order valence-electron chi connectivity index (χ2n) is 7.00. The topological polar surface area (TPSA) is 74.6 Å². The molecule has 1 atom stereocenters. The summed E-state index contributed by atoms with van der Waals surface area (Å²) in [5.41, 5.74) is 0.851. The molecule has 7 nitrogen and oxygen atoms in total. The number of hydrogen-bond acceptors (Lipinski definition) is 7. The van der Waals surface area contributed by atoms with Gasteiger partial charge in [0.15, 0.2) is 11.6 Å². The molecule has 2 aliphatic rings. The van der Waals surface area contributed by atoms with Crippen molar-refractivity contribution < 1.29 is 14.2 Å². The van der Waals surface area contributed by atoms with E-state index in [2.05, 4.69) is 19.9 Å². The van der Waals surface area contributed by atoms with Crippen LogP contribution in [0.25, 0.3) is 0 Å². The van der Waals surface area contributed by atoms with Crippen LogP contribution in [0, 0.1) is 11.7 Å². The summed E-state index contributed by atoms with van der Waals surface area (Å²) in [4.78, 5) is 16.7. The number of aliphatic hydroxyl groups excluding tert-OH is 1. The van der Waals surface area contributed by atoms with Gasteiger partial charge < -0.3 is 19.6 Å². The van der Waals surface area contributed by atoms with Crippen molar-refractivity contribution in [1.82, 2.24) is 15.0 Å². The molecule has 0 radical (unpaired) electrons. The molecule has 0 bridgehead atoms. The second kappa shape index (κ2) is 8.14. The Hall–Kier alpha value is -2.32. The van der Waals surface area contributed by atoms with E-state index in [0.717, 1.165) is 31.5 Å². The average Bonchev–Trinajstić information content (AvgIpc) is 2.75. The van der Waals surface area contributed by atoms with Crippen LogP contribution >= 0.6 is 0 Å². The first-order chi connectivity index (χ1) is 13.2. The molecule has 0 spiro atoms. The molecule has 27 heavy (non-hydrogen) atoms. The monoisotopic (exact) mass is 373 g/mol. The number of aromatic nitrogens is 3. The Kier molecular flexibility index (Phi) is 5.45. The van der Waals surface area contributed by atoms with Gasteiger partial charge >= 0.3 is 0 Å². The summed E-state index contributed by atoms with van der Waals surface area (Å²) in [5, 5.41) is 10.6. The molecular formula is C19H24FN5O2. The minimum atomic E-state index is -0.515. The molecule has 144 valence electrons. The summed E-state index contributed by atoms with van der Waals surface area (Å²) in [6.07, 6.45) is 5.81. The Bertz CT molecular complexity index is 749. The Morgan fingerprint density at radius 1 is 1.11 bits per heavy atom. The van der Waals surface area contributed by atoms with Gasteiger partial charge in [0, 0.05) is 38.6 Å². The average molecular weight is 373 g/mol. The molecule has 2 aromatic heterocycles. The standard InChI is InChI=1S/C19H24FN5O2/c20-16-13-22-19(23-18(16)24-8-10-27-11-9-24)25-6-3-14(4-7-25)17(26)15-2-1-5-21-12-15/h1-2,5,12-14,17,26H,3-4,6-11H2. The van der Waals surface area contributed by atoms with E-state index in [1.165, 1.54) is 6.20 Å². The Morgan fingerprint density at radius 3 is 2.59 bits per heavy atom. The fourth-order valence-corrected chi connectivity index (χ4v) is 3.74. The molecule has 1 unspecified atom stereocenters. The minimum absolute atomic E-state index is 0.171. The molecule has 8 heteroatoms. The summed E-state index contributed by atoms with van der Waals surface area (Å²) in [6.45, 7) is 3.89. The highest BCUT2D eigenvalue weighted by atomic mass is 19.1. The fraction of sp³-hybridized carbons (Fsp3) is 0.526. The van der Waals surface area contributed by atoms with E-state index in [4.69, 9.17) is 4.74 Å². The molecule has 2 saturated heterocycles. The molecule has 4 rings (SSSR count). The van der Waals surface area contributed by atoms with E-state index in [0.29, 0.717) is 38.1 Å². The highest BCUT2D eigenvalue weighted by Crippen LogP contribution is 2.31. The van der Waals surface area contributed by atoms with Gasteiger partial charge in [0.2, 0.25) is 5.95 Å². The van der Waals surface area contributed by atoms with Crippen LogP contribution in [-0.2, 0) is 4.74 Å². The van der Waals surface area contributed by atoms with Crippen LogP contribution in [0.15, 0.2) is 30.7 Å². The van der Waals surface area contributed by atoms with Gasteiger partial charge in [-0.3, -0.25) is 4.98 Å². The summed E-state index contributed by atoms with van der Waals surface area (Å²) >= 11 is 0. The lowest BCUT2D eigenvalue weighted by Crippen LogP contribution is -2.39. The maximum atomic E-state index is 14.2. The SMILES string of the molecule is OC(c1cccnc1)C1CCN(c2ncc(F)c(N3CCOCC3)n2)CC1. The van der Waals surface area contributed by atoms with Crippen LogP contribution in [0.1, 0.15) is 24.5 Å². The number of morpholine rings is 1. The molecule has 0 aliphatic carbocycles. The van der Waals surface area contributed by atoms with E-state index in [1.54, 1.807) is 12.4 Å². The van der Waals surface area contributed by atoms with Crippen molar-refractivity contribution in [2.24, 2.45) is 5.92 Å². The van der Waals surface area contributed by atoms with Gasteiger partial charge in [-0.2, -0.15) is 4.98 Å². The van der Waals surface area contributed by atoms with E-state index in [9.17, 15) is 9.50 Å².